The summed E-state index contributed by atoms with van der Waals surface area (Å²) in [6.07, 6.45) is -0.197. The molecule has 3 rings (SSSR count). The summed E-state index contributed by atoms with van der Waals surface area (Å²) in [6, 6.07) is 10.9. The number of ether oxygens (including phenoxy) is 2. The van der Waals surface area contributed by atoms with Crippen LogP contribution in [0.1, 0.15) is 17.5 Å². The molecule has 1 aliphatic rings. The van der Waals surface area contributed by atoms with Crippen LogP contribution in [0.25, 0.3) is 0 Å². The van der Waals surface area contributed by atoms with E-state index >= 15 is 0 Å². The van der Waals surface area contributed by atoms with Gasteiger partial charge in [0.2, 0.25) is 0 Å². The number of amides is 1. The van der Waals surface area contributed by atoms with E-state index in [1.54, 1.807) is 17.0 Å². The minimum atomic E-state index is -0.197. The smallest absolute Gasteiger partial charge is 0.289 e. The molecular weight excluding hydrogens is 350 g/mol. The number of hydrogen-bond acceptors (Lipinski definition) is 4. The minimum Gasteiger partial charge on any atom is -0.486 e. The van der Waals surface area contributed by atoms with Crippen LogP contribution in [0.2, 0.25) is 0 Å². The number of likely N-dealkylation sites (N-methyl/N-ethyl adjacent to an activating group) is 1. The standard InChI is InChI=1S/C16H16BrNO4/c1-2-18(16(19)14-7-8-15(17)22-14)9-11-10-20-12-5-3-4-6-13(12)21-11/h3-8,11H,2,9-10H2,1H3. The summed E-state index contributed by atoms with van der Waals surface area (Å²) in [5, 5.41) is 0. The fourth-order valence-corrected chi connectivity index (χ4v) is 2.65. The Kier molecular flexibility index (Phi) is 4.38. The predicted molar refractivity (Wildman–Crippen MR) is 84.3 cm³/mol. The number of fused-ring (bicyclic) bond motifs is 1. The Labute approximate surface area is 136 Å². The van der Waals surface area contributed by atoms with Crippen LogP contribution in [0.3, 0.4) is 0 Å². The van der Waals surface area contributed by atoms with Gasteiger partial charge in [0.1, 0.15) is 6.61 Å². The van der Waals surface area contributed by atoms with E-state index in [2.05, 4.69) is 15.9 Å². The third kappa shape index (κ3) is 3.11. The van der Waals surface area contributed by atoms with Crippen LogP contribution >= 0.6 is 15.9 Å². The number of furan rings is 1. The zero-order chi connectivity index (χ0) is 15.5. The first-order valence-electron chi connectivity index (χ1n) is 7.10. The molecule has 1 atom stereocenters. The highest BCUT2D eigenvalue weighted by molar-refractivity contribution is 9.10. The Morgan fingerprint density at radius 1 is 1.27 bits per heavy atom. The van der Waals surface area contributed by atoms with Crippen LogP contribution in [0.5, 0.6) is 11.5 Å². The van der Waals surface area contributed by atoms with Crippen molar-refractivity contribution in [3.63, 3.8) is 0 Å². The van der Waals surface area contributed by atoms with Gasteiger partial charge in [-0.05, 0) is 47.1 Å². The van der Waals surface area contributed by atoms with Gasteiger partial charge in [-0.1, -0.05) is 12.1 Å². The van der Waals surface area contributed by atoms with Gasteiger partial charge in [-0.2, -0.15) is 0 Å². The molecule has 0 spiro atoms. The van der Waals surface area contributed by atoms with Crippen molar-refractivity contribution in [3.05, 3.63) is 46.8 Å². The molecule has 0 aliphatic carbocycles. The van der Waals surface area contributed by atoms with Crippen LogP contribution in [0, 0.1) is 0 Å². The number of benzene rings is 1. The molecule has 1 unspecified atom stereocenters. The Hall–Kier alpha value is -1.95. The molecule has 116 valence electrons. The summed E-state index contributed by atoms with van der Waals surface area (Å²) < 4.78 is 17.4. The minimum absolute atomic E-state index is 0.157. The number of halogens is 1. The number of carbonyl (C=O) groups excluding carboxylic acids is 1. The van der Waals surface area contributed by atoms with E-state index in [-0.39, 0.29) is 12.0 Å². The first-order chi connectivity index (χ1) is 10.7. The highest BCUT2D eigenvalue weighted by Crippen LogP contribution is 2.31. The molecule has 0 N–H and O–H groups in total. The zero-order valence-corrected chi connectivity index (χ0v) is 13.7. The second-order valence-corrected chi connectivity index (χ2v) is 5.73. The predicted octanol–water partition coefficient (Wildman–Crippen LogP) is 3.34. The Bertz CT molecular complexity index is 670. The van der Waals surface area contributed by atoms with Crippen molar-refractivity contribution < 1.29 is 18.7 Å². The van der Waals surface area contributed by atoms with E-state index < -0.39 is 0 Å². The van der Waals surface area contributed by atoms with Gasteiger partial charge in [0, 0.05) is 6.54 Å². The van der Waals surface area contributed by atoms with Crippen molar-refractivity contribution in [1.29, 1.82) is 0 Å². The van der Waals surface area contributed by atoms with Crippen molar-refractivity contribution in [2.45, 2.75) is 13.0 Å². The third-order valence-corrected chi connectivity index (χ3v) is 3.87. The highest BCUT2D eigenvalue weighted by atomic mass is 79.9. The number of carbonyl (C=O) groups is 1. The SMILES string of the molecule is CCN(CC1COc2ccccc2O1)C(=O)c1ccc(Br)o1. The van der Waals surface area contributed by atoms with Crippen LogP contribution < -0.4 is 9.47 Å². The second kappa shape index (κ2) is 6.44. The molecule has 0 saturated carbocycles. The van der Waals surface area contributed by atoms with Crippen molar-refractivity contribution in [2.75, 3.05) is 19.7 Å². The number of para-hydroxylation sites is 2. The first kappa shape index (κ1) is 15.0. The number of hydrogen-bond donors (Lipinski definition) is 0. The normalized spacial score (nSPS) is 16.4. The van der Waals surface area contributed by atoms with E-state index in [9.17, 15) is 4.79 Å². The van der Waals surface area contributed by atoms with E-state index in [0.717, 1.165) is 5.75 Å². The van der Waals surface area contributed by atoms with E-state index in [0.29, 0.717) is 35.9 Å². The molecule has 1 aliphatic heterocycles. The Balaban J connectivity index is 1.68. The summed E-state index contributed by atoms with van der Waals surface area (Å²) in [5.74, 6) is 1.60. The number of rotatable bonds is 4. The largest absolute Gasteiger partial charge is 0.486 e. The molecule has 5 nitrogen and oxygen atoms in total. The first-order valence-corrected chi connectivity index (χ1v) is 7.89. The highest BCUT2D eigenvalue weighted by Gasteiger charge is 2.26. The second-order valence-electron chi connectivity index (χ2n) is 4.95. The van der Waals surface area contributed by atoms with Crippen molar-refractivity contribution >= 4 is 21.8 Å². The molecule has 2 aromatic rings. The quantitative estimate of drug-likeness (QED) is 0.833. The van der Waals surface area contributed by atoms with Crippen LogP contribution in [0.4, 0.5) is 0 Å². The Morgan fingerprint density at radius 3 is 2.73 bits per heavy atom. The lowest BCUT2D eigenvalue weighted by Gasteiger charge is -2.30. The maximum atomic E-state index is 12.4. The summed E-state index contributed by atoms with van der Waals surface area (Å²) in [6.45, 7) is 3.36. The molecular formula is C16H16BrNO4. The molecule has 6 heteroatoms. The fourth-order valence-electron chi connectivity index (χ4n) is 2.34. The maximum Gasteiger partial charge on any atom is 0.289 e. The molecule has 0 bridgehead atoms. The lowest BCUT2D eigenvalue weighted by Crippen LogP contribution is -2.43. The third-order valence-electron chi connectivity index (χ3n) is 3.44. The van der Waals surface area contributed by atoms with Crippen LogP contribution in [0.15, 0.2) is 45.5 Å². The van der Waals surface area contributed by atoms with Gasteiger partial charge in [-0.25, -0.2) is 0 Å². The molecule has 1 aromatic heterocycles. The molecule has 22 heavy (non-hydrogen) atoms. The van der Waals surface area contributed by atoms with Crippen molar-refractivity contribution in [2.24, 2.45) is 0 Å². The average Bonchev–Trinajstić information content (AvgIpc) is 2.98. The van der Waals surface area contributed by atoms with Crippen LogP contribution in [-0.4, -0.2) is 36.6 Å². The van der Waals surface area contributed by atoms with E-state index in [1.807, 2.05) is 31.2 Å². The molecule has 0 saturated heterocycles. The lowest BCUT2D eigenvalue weighted by molar-refractivity contribution is 0.0454. The van der Waals surface area contributed by atoms with Crippen LogP contribution in [-0.2, 0) is 0 Å². The summed E-state index contributed by atoms with van der Waals surface area (Å²) in [4.78, 5) is 14.1. The van der Waals surface area contributed by atoms with Gasteiger partial charge in [0.05, 0.1) is 6.54 Å². The van der Waals surface area contributed by atoms with Gasteiger partial charge in [-0.15, -0.1) is 0 Å². The molecule has 2 heterocycles. The summed E-state index contributed by atoms with van der Waals surface area (Å²) in [5.41, 5.74) is 0. The zero-order valence-electron chi connectivity index (χ0n) is 12.1. The van der Waals surface area contributed by atoms with Gasteiger partial charge < -0.3 is 18.8 Å². The van der Waals surface area contributed by atoms with E-state index in [4.69, 9.17) is 13.9 Å². The number of nitrogens with zero attached hydrogens (tertiary/aromatic N) is 1. The fraction of sp³-hybridized carbons (Fsp3) is 0.312. The monoisotopic (exact) mass is 365 g/mol. The lowest BCUT2D eigenvalue weighted by atomic mass is 10.2. The maximum absolute atomic E-state index is 12.4. The topological polar surface area (TPSA) is 51.9 Å². The van der Waals surface area contributed by atoms with Crippen molar-refractivity contribution in [1.82, 2.24) is 4.90 Å². The Morgan fingerprint density at radius 2 is 2.05 bits per heavy atom. The van der Waals surface area contributed by atoms with Gasteiger partial charge in [-0.3, -0.25) is 4.79 Å². The summed E-state index contributed by atoms with van der Waals surface area (Å²) >= 11 is 3.21. The van der Waals surface area contributed by atoms with Crippen molar-refractivity contribution in [3.8, 4) is 11.5 Å². The van der Waals surface area contributed by atoms with Gasteiger partial charge >= 0.3 is 0 Å². The van der Waals surface area contributed by atoms with Gasteiger partial charge in [0.15, 0.2) is 28.0 Å². The van der Waals surface area contributed by atoms with Gasteiger partial charge in [0.25, 0.3) is 5.91 Å². The molecule has 0 radical (unpaired) electrons. The molecule has 1 amide bonds. The molecule has 0 fully saturated rings. The average molecular weight is 366 g/mol. The summed E-state index contributed by atoms with van der Waals surface area (Å²) in [7, 11) is 0. The van der Waals surface area contributed by atoms with E-state index in [1.165, 1.54) is 0 Å². The molecule has 1 aromatic carbocycles.